The number of nitrogens with zero attached hydrogens (tertiary/aromatic N) is 4. The number of guanidine groups is 1. The Hall–Kier alpha value is -1.65. The zero-order valence-corrected chi connectivity index (χ0v) is 23.1. The summed E-state index contributed by atoms with van der Waals surface area (Å²) in [6.07, 6.45) is 2.55. The Kier molecular flexibility index (Phi) is 11.6. The lowest BCUT2D eigenvalue weighted by Gasteiger charge is -2.33. The van der Waals surface area contributed by atoms with Crippen molar-refractivity contribution in [3.8, 4) is 0 Å². The summed E-state index contributed by atoms with van der Waals surface area (Å²) >= 11 is 0. The van der Waals surface area contributed by atoms with Crippen LogP contribution in [-0.2, 0) is 11.3 Å². The summed E-state index contributed by atoms with van der Waals surface area (Å²) in [4.78, 5) is 14.2. The largest absolute Gasteiger partial charge is 0.377 e. The molecule has 0 saturated carbocycles. The molecule has 1 aliphatic rings. The third-order valence-corrected chi connectivity index (χ3v) is 5.79. The molecule has 0 unspecified atom stereocenters. The number of anilines is 1. The quantitative estimate of drug-likeness (QED) is 0.272. The molecule has 0 spiro atoms. The Balaban J connectivity index is 0.00000385. The van der Waals surface area contributed by atoms with E-state index in [1.54, 1.807) is 0 Å². The molecule has 1 aliphatic heterocycles. The molecule has 2 heterocycles. The van der Waals surface area contributed by atoms with Gasteiger partial charge in [0.25, 0.3) is 0 Å². The van der Waals surface area contributed by atoms with Crippen molar-refractivity contribution in [2.75, 3.05) is 51.8 Å². The first-order chi connectivity index (χ1) is 15.5. The smallest absolute Gasteiger partial charge is 0.191 e. The van der Waals surface area contributed by atoms with Gasteiger partial charge in [-0.05, 0) is 51.3 Å². The molecule has 8 heteroatoms. The van der Waals surface area contributed by atoms with Crippen LogP contribution in [-0.4, -0.2) is 74.9 Å². The lowest BCUT2D eigenvalue weighted by molar-refractivity contribution is 0.0532. The first kappa shape index (κ1) is 27.6. The topological polar surface area (TPSA) is 65.0 Å². The van der Waals surface area contributed by atoms with E-state index in [0.717, 1.165) is 68.3 Å². The molecule has 1 aromatic heterocycles. The summed E-state index contributed by atoms with van der Waals surface area (Å²) in [7, 11) is 4.05. The van der Waals surface area contributed by atoms with Crippen LogP contribution >= 0.6 is 24.0 Å². The van der Waals surface area contributed by atoms with Gasteiger partial charge in [0.1, 0.15) is 5.82 Å². The summed E-state index contributed by atoms with van der Waals surface area (Å²) in [5, 5.41) is 8.25. The van der Waals surface area contributed by atoms with Crippen LogP contribution in [0.2, 0.25) is 0 Å². The van der Waals surface area contributed by atoms with E-state index >= 15 is 0 Å². The van der Waals surface area contributed by atoms with Gasteiger partial charge >= 0.3 is 0 Å². The Bertz CT molecular complexity index is 880. The summed E-state index contributed by atoms with van der Waals surface area (Å²) in [6.45, 7) is 11.8. The fraction of sp³-hybridized carbons (Fsp3) is 0.600. The van der Waals surface area contributed by atoms with Gasteiger partial charge < -0.3 is 25.2 Å². The first-order valence-electron chi connectivity index (χ1n) is 11.9. The van der Waals surface area contributed by atoms with E-state index < -0.39 is 0 Å². The van der Waals surface area contributed by atoms with Crippen LogP contribution in [0.15, 0.2) is 35.3 Å². The molecule has 0 amide bonds. The normalized spacial score (nSPS) is 15.5. The maximum absolute atomic E-state index is 5.70. The monoisotopic (exact) mass is 568 g/mol. The van der Waals surface area contributed by atoms with E-state index in [1.165, 1.54) is 5.56 Å². The minimum absolute atomic E-state index is 0. The zero-order valence-electron chi connectivity index (χ0n) is 20.8. The number of likely N-dealkylation sites (tertiary alicyclic amines) is 1. The van der Waals surface area contributed by atoms with E-state index in [0.29, 0.717) is 18.7 Å². The summed E-state index contributed by atoms with van der Waals surface area (Å²) in [5.41, 5.74) is 2.20. The highest BCUT2D eigenvalue weighted by Crippen LogP contribution is 2.22. The first-order valence-corrected chi connectivity index (χ1v) is 11.9. The molecule has 1 fully saturated rings. The van der Waals surface area contributed by atoms with E-state index in [2.05, 4.69) is 60.6 Å². The van der Waals surface area contributed by atoms with Crippen molar-refractivity contribution in [3.63, 3.8) is 0 Å². The minimum Gasteiger partial charge on any atom is -0.377 e. The number of ether oxygens (including phenoxy) is 1. The Morgan fingerprint density at radius 3 is 2.64 bits per heavy atom. The van der Waals surface area contributed by atoms with Crippen LogP contribution in [0, 0.1) is 0 Å². The number of aliphatic imine (C=N–C) groups is 1. The van der Waals surface area contributed by atoms with Gasteiger partial charge in [-0.15, -0.1) is 24.0 Å². The van der Waals surface area contributed by atoms with Gasteiger partial charge in [0.2, 0.25) is 0 Å². The summed E-state index contributed by atoms with van der Waals surface area (Å²) in [6, 6.07) is 10.9. The minimum atomic E-state index is 0. The molecular formula is C25H41IN6O. The molecule has 33 heavy (non-hydrogen) atoms. The average Bonchev–Trinajstić information content (AvgIpc) is 2.78. The predicted molar refractivity (Wildman–Crippen MR) is 150 cm³/mol. The molecule has 1 aromatic carbocycles. The third-order valence-electron chi connectivity index (χ3n) is 5.79. The molecule has 0 radical (unpaired) electrons. The second kappa shape index (κ2) is 13.9. The molecule has 7 nitrogen and oxygen atoms in total. The van der Waals surface area contributed by atoms with E-state index in [4.69, 9.17) is 14.7 Å². The molecular weight excluding hydrogens is 527 g/mol. The Morgan fingerprint density at radius 1 is 1.24 bits per heavy atom. The molecule has 0 bridgehead atoms. The van der Waals surface area contributed by atoms with Crippen LogP contribution in [0.3, 0.4) is 0 Å². The van der Waals surface area contributed by atoms with Crippen LogP contribution in [0.25, 0.3) is 10.9 Å². The lowest BCUT2D eigenvalue weighted by Crippen LogP contribution is -2.49. The number of halogens is 1. The number of rotatable bonds is 9. The van der Waals surface area contributed by atoms with Gasteiger partial charge in [0.15, 0.2) is 5.96 Å². The van der Waals surface area contributed by atoms with Crippen molar-refractivity contribution in [1.82, 2.24) is 20.5 Å². The third kappa shape index (κ3) is 8.57. The van der Waals surface area contributed by atoms with E-state index in [9.17, 15) is 0 Å². The predicted octanol–water partition coefficient (Wildman–Crippen LogP) is 3.86. The molecule has 1 saturated heterocycles. The van der Waals surface area contributed by atoms with Gasteiger partial charge in [-0.25, -0.2) is 9.98 Å². The maximum Gasteiger partial charge on any atom is 0.191 e. The lowest BCUT2D eigenvalue weighted by atomic mass is 10.1. The number of nitrogens with one attached hydrogen (secondary N) is 2. The number of piperidine rings is 1. The standard InChI is InChI=1S/C25H40N6O.HI/c1-6-26-25(28-21-11-13-31(14-12-21)15-16-32-19(2)3)27-18-20-17-24(30(4)5)29-23-10-8-7-9-22(20)23;/h7-10,17,19,21H,6,11-16,18H2,1-5H3,(H2,26,27,28);1H. The van der Waals surface area contributed by atoms with E-state index in [1.807, 2.05) is 25.1 Å². The zero-order chi connectivity index (χ0) is 22.9. The fourth-order valence-corrected chi connectivity index (χ4v) is 3.99. The highest BCUT2D eigenvalue weighted by Gasteiger charge is 2.20. The van der Waals surface area contributed by atoms with Crippen molar-refractivity contribution in [1.29, 1.82) is 0 Å². The molecule has 2 aromatic rings. The van der Waals surface area contributed by atoms with Crippen molar-refractivity contribution >= 4 is 46.7 Å². The van der Waals surface area contributed by atoms with Crippen molar-refractivity contribution in [2.45, 2.75) is 52.3 Å². The van der Waals surface area contributed by atoms with Gasteiger partial charge in [-0.2, -0.15) is 0 Å². The second-order valence-electron chi connectivity index (χ2n) is 8.93. The van der Waals surface area contributed by atoms with Gasteiger partial charge in [0, 0.05) is 51.7 Å². The van der Waals surface area contributed by atoms with Crippen LogP contribution < -0.4 is 15.5 Å². The van der Waals surface area contributed by atoms with Crippen LogP contribution in [0.5, 0.6) is 0 Å². The number of hydrogen-bond donors (Lipinski definition) is 2. The molecule has 184 valence electrons. The molecule has 2 N–H and O–H groups in total. The number of benzene rings is 1. The second-order valence-corrected chi connectivity index (χ2v) is 8.93. The maximum atomic E-state index is 5.70. The number of aromatic nitrogens is 1. The summed E-state index contributed by atoms with van der Waals surface area (Å²) < 4.78 is 5.70. The SMILES string of the molecule is CCNC(=NCc1cc(N(C)C)nc2ccccc12)NC1CCN(CCOC(C)C)CC1.I. The van der Waals surface area contributed by atoms with Gasteiger partial charge in [0.05, 0.1) is 24.8 Å². The van der Waals surface area contributed by atoms with Crippen LogP contribution in [0.4, 0.5) is 5.82 Å². The number of fused-ring (bicyclic) bond motifs is 1. The highest BCUT2D eigenvalue weighted by atomic mass is 127. The van der Waals surface area contributed by atoms with Gasteiger partial charge in [-0.1, -0.05) is 18.2 Å². The fourth-order valence-electron chi connectivity index (χ4n) is 3.99. The average molecular weight is 569 g/mol. The van der Waals surface area contributed by atoms with Crippen LogP contribution in [0.1, 0.15) is 39.2 Å². The number of hydrogen-bond acceptors (Lipinski definition) is 5. The highest BCUT2D eigenvalue weighted by molar-refractivity contribution is 14.0. The number of pyridine rings is 1. The van der Waals surface area contributed by atoms with Crippen molar-refractivity contribution < 1.29 is 4.74 Å². The van der Waals surface area contributed by atoms with Gasteiger partial charge in [-0.3, -0.25) is 0 Å². The Morgan fingerprint density at radius 2 is 1.97 bits per heavy atom. The molecule has 0 aliphatic carbocycles. The number of para-hydroxylation sites is 1. The molecule has 3 rings (SSSR count). The summed E-state index contributed by atoms with van der Waals surface area (Å²) in [5.74, 6) is 1.85. The van der Waals surface area contributed by atoms with Crippen molar-refractivity contribution in [2.24, 2.45) is 4.99 Å². The molecule has 0 atom stereocenters. The van der Waals surface area contributed by atoms with E-state index in [-0.39, 0.29) is 24.0 Å². The Labute approximate surface area is 216 Å². The van der Waals surface area contributed by atoms with Crippen molar-refractivity contribution in [3.05, 3.63) is 35.9 Å².